The number of carbonyl (C=O) groups is 1. The topological polar surface area (TPSA) is 64.3 Å². The summed E-state index contributed by atoms with van der Waals surface area (Å²) in [5.74, 6) is 1.05. The van der Waals surface area contributed by atoms with Gasteiger partial charge in [0, 0.05) is 12.6 Å². The quantitative estimate of drug-likeness (QED) is 0.643. The molecular formula is C10H20N2O2S. The summed E-state index contributed by atoms with van der Waals surface area (Å²) in [6.45, 7) is 1.73. The number of ether oxygens (including phenoxy) is 1. The fourth-order valence-corrected chi connectivity index (χ4v) is 2.05. The van der Waals surface area contributed by atoms with Gasteiger partial charge < -0.3 is 15.8 Å². The van der Waals surface area contributed by atoms with Gasteiger partial charge >= 0.3 is 0 Å². The molecule has 15 heavy (non-hydrogen) atoms. The van der Waals surface area contributed by atoms with Crippen LogP contribution in [0.15, 0.2) is 0 Å². The van der Waals surface area contributed by atoms with E-state index in [-0.39, 0.29) is 17.9 Å². The predicted molar refractivity (Wildman–Crippen MR) is 62.9 cm³/mol. The molecule has 2 unspecified atom stereocenters. The van der Waals surface area contributed by atoms with Crippen molar-refractivity contribution in [3.63, 3.8) is 0 Å². The molecule has 1 rings (SSSR count). The number of nitrogens with two attached hydrogens (primary N) is 1. The molecule has 4 nitrogen and oxygen atoms in total. The number of unbranched alkanes of at least 4 members (excludes halogenated alkanes) is 1. The maximum atomic E-state index is 11.6. The highest BCUT2D eigenvalue weighted by atomic mass is 32.2. The molecule has 0 radical (unpaired) electrons. The fraction of sp³-hybridized carbons (Fsp3) is 0.900. The van der Waals surface area contributed by atoms with Crippen LogP contribution in [-0.2, 0) is 9.53 Å². The first-order valence-electron chi connectivity index (χ1n) is 5.35. The van der Waals surface area contributed by atoms with E-state index in [0.29, 0.717) is 13.2 Å². The van der Waals surface area contributed by atoms with E-state index in [4.69, 9.17) is 10.5 Å². The molecule has 88 valence electrons. The van der Waals surface area contributed by atoms with Crippen LogP contribution in [0.25, 0.3) is 0 Å². The first-order valence-corrected chi connectivity index (χ1v) is 6.75. The number of amides is 1. The molecule has 1 aliphatic heterocycles. The maximum Gasteiger partial charge on any atom is 0.227 e. The summed E-state index contributed by atoms with van der Waals surface area (Å²) in [5.41, 5.74) is 5.74. The first-order chi connectivity index (χ1) is 7.25. The Morgan fingerprint density at radius 1 is 1.53 bits per heavy atom. The molecule has 0 aliphatic carbocycles. The fourth-order valence-electron chi connectivity index (χ4n) is 1.56. The first kappa shape index (κ1) is 12.8. The lowest BCUT2D eigenvalue weighted by Gasteiger charge is -2.12. The Bertz CT molecular complexity index is 202. The van der Waals surface area contributed by atoms with Crippen LogP contribution in [0, 0.1) is 5.92 Å². The highest BCUT2D eigenvalue weighted by Crippen LogP contribution is 2.11. The Morgan fingerprint density at radius 3 is 2.93 bits per heavy atom. The number of nitrogens with one attached hydrogen (secondary N) is 1. The van der Waals surface area contributed by atoms with E-state index >= 15 is 0 Å². The van der Waals surface area contributed by atoms with E-state index in [9.17, 15) is 4.79 Å². The van der Waals surface area contributed by atoms with Gasteiger partial charge in [-0.2, -0.15) is 11.8 Å². The minimum Gasteiger partial charge on any atom is -0.379 e. The van der Waals surface area contributed by atoms with E-state index < -0.39 is 0 Å². The number of hydrogen-bond donors (Lipinski definition) is 2. The summed E-state index contributed by atoms with van der Waals surface area (Å²) < 4.78 is 5.15. The molecule has 1 heterocycles. The smallest absolute Gasteiger partial charge is 0.227 e. The third-order valence-electron chi connectivity index (χ3n) is 2.54. The van der Waals surface area contributed by atoms with E-state index in [1.165, 1.54) is 0 Å². The lowest BCUT2D eigenvalue weighted by atomic mass is 10.0. The van der Waals surface area contributed by atoms with Crippen LogP contribution in [0.3, 0.4) is 0 Å². The van der Waals surface area contributed by atoms with Crippen LogP contribution < -0.4 is 11.1 Å². The summed E-state index contributed by atoms with van der Waals surface area (Å²) in [6, 6.07) is -0.129. The highest BCUT2D eigenvalue weighted by Gasteiger charge is 2.30. The zero-order chi connectivity index (χ0) is 11.1. The molecule has 0 aromatic rings. The van der Waals surface area contributed by atoms with Gasteiger partial charge in [0.1, 0.15) is 0 Å². The van der Waals surface area contributed by atoms with Crippen molar-refractivity contribution in [3.8, 4) is 0 Å². The van der Waals surface area contributed by atoms with Crippen LogP contribution in [0.2, 0.25) is 0 Å². The van der Waals surface area contributed by atoms with E-state index in [1.54, 1.807) is 0 Å². The molecule has 0 aromatic heterocycles. The van der Waals surface area contributed by atoms with Gasteiger partial charge in [-0.05, 0) is 24.9 Å². The Morgan fingerprint density at radius 2 is 2.33 bits per heavy atom. The van der Waals surface area contributed by atoms with Crippen molar-refractivity contribution in [1.29, 1.82) is 0 Å². The second-order valence-electron chi connectivity index (χ2n) is 3.80. The standard InChI is InChI=1S/C10H20N2O2S/c1-15-5-3-2-4-12-10(13)8-6-14-7-9(8)11/h8-9H,2-7,11H2,1H3,(H,12,13). The molecule has 3 N–H and O–H groups in total. The summed E-state index contributed by atoms with van der Waals surface area (Å²) in [5, 5.41) is 2.91. The van der Waals surface area contributed by atoms with Crippen LogP contribution in [0.5, 0.6) is 0 Å². The second kappa shape index (κ2) is 7.09. The minimum absolute atomic E-state index is 0.0455. The summed E-state index contributed by atoms with van der Waals surface area (Å²) >= 11 is 1.83. The average Bonchev–Trinajstić information content (AvgIpc) is 2.64. The zero-order valence-corrected chi connectivity index (χ0v) is 10.0. The molecular weight excluding hydrogens is 212 g/mol. The summed E-state index contributed by atoms with van der Waals surface area (Å²) in [6.07, 6.45) is 4.28. The Labute approximate surface area is 95.3 Å². The Balaban J connectivity index is 2.08. The van der Waals surface area contributed by atoms with Crippen molar-refractivity contribution in [2.45, 2.75) is 18.9 Å². The summed E-state index contributed by atoms with van der Waals surface area (Å²) in [4.78, 5) is 11.6. The molecule has 0 saturated carbocycles. The predicted octanol–water partition coefficient (Wildman–Crippen LogP) is 0.220. The van der Waals surface area contributed by atoms with Crippen LogP contribution >= 0.6 is 11.8 Å². The highest BCUT2D eigenvalue weighted by molar-refractivity contribution is 7.98. The molecule has 0 spiro atoms. The van der Waals surface area contributed by atoms with Gasteiger partial charge in [-0.15, -0.1) is 0 Å². The largest absolute Gasteiger partial charge is 0.379 e. The van der Waals surface area contributed by atoms with Gasteiger partial charge in [0.2, 0.25) is 5.91 Å². The van der Waals surface area contributed by atoms with Crippen LogP contribution in [0.1, 0.15) is 12.8 Å². The zero-order valence-electron chi connectivity index (χ0n) is 9.20. The van der Waals surface area contributed by atoms with Crippen molar-refractivity contribution in [2.75, 3.05) is 31.8 Å². The van der Waals surface area contributed by atoms with Crippen molar-refractivity contribution in [2.24, 2.45) is 11.7 Å². The molecule has 0 bridgehead atoms. The molecule has 1 aliphatic rings. The van der Waals surface area contributed by atoms with Gasteiger partial charge in [0.15, 0.2) is 0 Å². The van der Waals surface area contributed by atoms with Gasteiger partial charge in [-0.3, -0.25) is 4.79 Å². The van der Waals surface area contributed by atoms with Gasteiger partial charge in [-0.1, -0.05) is 0 Å². The van der Waals surface area contributed by atoms with Crippen LogP contribution in [0.4, 0.5) is 0 Å². The number of rotatable bonds is 6. The third-order valence-corrected chi connectivity index (χ3v) is 3.23. The molecule has 0 aromatic carbocycles. The lowest BCUT2D eigenvalue weighted by molar-refractivity contribution is -0.125. The van der Waals surface area contributed by atoms with Crippen LogP contribution in [-0.4, -0.2) is 43.7 Å². The molecule has 1 amide bonds. The van der Waals surface area contributed by atoms with Crippen molar-refractivity contribution < 1.29 is 9.53 Å². The number of hydrogen-bond acceptors (Lipinski definition) is 4. The Hall–Kier alpha value is -0.260. The molecule has 1 saturated heterocycles. The monoisotopic (exact) mass is 232 g/mol. The summed E-state index contributed by atoms with van der Waals surface area (Å²) in [7, 11) is 0. The van der Waals surface area contributed by atoms with Crippen molar-refractivity contribution >= 4 is 17.7 Å². The minimum atomic E-state index is -0.148. The average molecular weight is 232 g/mol. The normalized spacial score (nSPS) is 25.5. The SMILES string of the molecule is CSCCCCNC(=O)C1COCC1N. The second-order valence-corrected chi connectivity index (χ2v) is 4.78. The van der Waals surface area contributed by atoms with Gasteiger partial charge in [0.25, 0.3) is 0 Å². The Kier molecular flexibility index (Phi) is 6.05. The van der Waals surface area contributed by atoms with Gasteiger partial charge in [-0.25, -0.2) is 0 Å². The van der Waals surface area contributed by atoms with Crippen molar-refractivity contribution in [3.05, 3.63) is 0 Å². The number of carbonyl (C=O) groups excluding carboxylic acids is 1. The van der Waals surface area contributed by atoms with Crippen molar-refractivity contribution in [1.82, 2.24) is 5.32 Å². The third kappa shape index (κ3) is 4.40. The van der Waals surface area contributed by atoms with Gasteiger partial charge in [0.05, 0.1) is 19.1 Å². The van der Waals surface area contributed by atoms with E-state index in [2.05, 4.69) is 11.6 Å². The molecule has 1 fully saturated rings. The van der Waals surface area contributed by atoms with E-state index in [1.807, 2.05) is 11.8 Å². The number of thioether (sulfide) groups is 1. The van der Waals surface area contributed by atoms with E-state index in [0.717, 1.165) is 25.1 Å². The molecule has 5 heteroatoms. The maximum absolute atomic E-state index is 11.6. The lowest BCUT2D eigenvalue weighted by Crippen LogP contribution is -2.41. The molecule has 2 atom stereocenters.